The van der Waals surface area contributed by atoms with Crippen molar-refractivity contribution >= 4 is 16.9 Å². The summed E-state index contributed by atoms with van der Waals surface area (Å²) in [6, 6.07) is 4.10. The Morgan fingerprint density at radius 2 is 2.03 bits per heavy atom. The maximum Gasteiger partial charge on any atom is 0.225 e. The predicted molar refractivity (Wildman–Crippen MR) is 113 cm³/mol. The number of methoxy groups -OCH3 is 1. The Morgan fingerprint density at radius 3 is 2.76 bits per heavy atom. The Balaban J connectivity index is 1.46. The fourth-order valence-electron chi connectivity index (χ4n) is 4.77. The van der Waals surface area contributed by atoms with Crippen molar-refractivity contribution in [2.24, 2.45) is 5.92 Å². The number of ether oxygens (including phenoxy) is 1. The van der Waals surface area contributed by atoms with Crippen LogP contribution in [0, 0.1) is 5.92 Å². The van der Waals surface area contributed by atoms with Crippen LogP contribution in [0.1, 0.15) is 43.7 Å². The fourth-order valence-corrected chi connectivity index (χ4v) is 4.77. The summed E-state index contributed by atoms with van der Waals surface area (Å²) in [4.78, 5) is 21.9. The van der Waals surface area contributed by atoms with E-state index in [1.807, 2.05) is 16.9 Å². The zero-order valence-electron chi connectivity index (χ0n) is 17.9. The van der Waals surface area contributed by atoms with Crippen molar-refractivity contribution in [3.8, 4) is 0 Å². The van der Waals surface area contributed by atoms with Crippen LogP contribution < -0.4 is 0 Å². The van der Waals surface area contributed by atoms with Gasteiger partial charge in [-0.05, 0) is 58.3 Å². The average Bonchev–Trinajstić information content (AvgIpc) is 3.37. The third-order valence-corrected chi connectivity index (χ3v) is 6.54. The molecule has 1 atom stereocenters. The van der Waals surface area contributed by atoms with Crippen LogP contribution in [0.25, 0.3) is 11.0 Å². The number of carbonyl (C=O) groups is 1. The minimum atomic E-state index is 0.163. The van der Waals surface area contributed by atoms with Crippen LogP contribution in [0.5, 0.6) is 0 Å². The first kappa shape index (κ1) is 20.3. The van der Waals surface area contributed by atoms with Crippen molar-refractivity contribution in [2.75, 3.05) is 40.8 Å². The molecule has 1 saturated heterocycles. The van der Waals surface area contributed by atoms with Crippen molar-refractivity contribution in [3.63, 3.8) is 0 Å². The van der Waals surface area contributed by atoms with E-state index in [0.29, 0.717) is 17.9 Å². The van der Waals surface area contributed by atoms with Gasteiger partial charge in [0.2, 0.25) is 5.91 Å². The molecular weight excluding hydrogens is 366 g/mol. The third kappa shape index (κ3) is 4.31. The van der Waals surface area contributed by atoms with E-state index in [1.165, 1.54) is 0 Å². The van der Waals surface area contributed by atoms with Crippen LogP contribution in [0.4, 0.5) is 0 Å². The molecule has 2 aromatic rings. The lowest BCUT2D eigenvalue weighted by atomic mass is 9.86. The Kier molecular flexibility index (Phi) is 6.15. The number of hydrogen-bond acceptors (Lipinski definition) is 5. The number of hydrogen-bond donors (Lipinski definition) is 0. The van der Waals surface area contributed by atoms with E-state index >= 15 is 0 Å². The number of fused-ring (bicyclic) bond motifs is 1. The lowest BCUT2D eigenvalue weighted by Gasteiger charge is -2.29. The first-order valence-corrected chi connectivity index (χ1v) is 10.8. The Labute approximate surface area is 173 Å². The number of nitrogens with zero attached hydrogens (tertiary/aromatic N) is 5. The molecule has 2 aromatic heterocycles. The Hall–Kier alpha value is -1.99. The van der Waals surface area contributed by atoms with Gasteiger partial charge in [-0.15, -0.1) is 0 Å². The number of carbonyl (C=O) groups excluding carboxylic acids is 1. The second-order valence-corrected chi connectivity index (χ2v) is 8.77. The van der Waals surface area contributed by atoms with Gasteiger partial charge < -0.3 is 14.5 Å². The fraction of sp³-hybridized carbons (Fsp3) is 0.682. The quantitative estimate of drug-likeness (QED) is 0.747. The molecule has 0 unspecified atom stereocenters. The molecule has 7 heteroatoms. The van der Waals surface area contributed by atoms with Gasteiger partial charge in [0, 0.05) is 50.2 Å². The minimum absolute atomic E-state index is 0.163. The summed E-state index contributed by atoms with van der Waals surface area (Å²) in [6.45, 7) is 3.35. The number of pyridine rings is 1. The van der Waals surface area contributed by atoms with Crippen molar-refractivity contribution in [1.82, 2.24) is 24.6 Å². The molecule has 158 valence electrons. The summed E-state index contributed by atoms with van der Waals surface area (Å²) in [7, 11) is 5.91. The summed E-state index contributed by atoms with van der Waals surface area (Å²) in [5, 5.41) is 6.07. The number of aromatic nitrogens is 3. The molecule has 3 heterocycles. The van der Waals surface area contributed by atoms with E-state index in [1.54, 1.807) is 7.11 Å². The highest BCUT2D eigenvalue weighted by molar-refractivity contribution is 5.81. The van der Waals surface area contributed by atoms with Crippen molar-refractivity contribution in [3.05, 3.63) is 24.0 Å². The average molecular weight is 400 g/mol. The highest BCUT2D eigenvalue weighted by Crippen LogP contribution is 2.34. The van der Waals surface area contributed by atoms with Gasteiger partial charge in [0.25, 0.3) is 0 Å². The van der Waals surface area contributed by atoms with Gasteiger partial charge in [0.1, 0.15) is 0 Å². The first-order valence-electron chi connectivity index (χ1n) is 10.8. The van der Waals surface area contributed by atoms with Gasteiger partial charge in [-0.3, -0.25) is 4.79 Å². The largest absolute Gasteiger partial charge is 0.381 e. The van der Waals surface area contributed by atoms with Crippen molar-refractivity contribution in [2.45, 2.75) is 50.7 Å². The van der Waals surface area contributed by atoms with Gasteiger partial charge in [0.15, 0.2) is 5.65 Å². The highest BCUT2D eigenvalue weighted by atomic mass is 16.5. The normalized spacial score (nSPS) is 25.2. The maximum absolute atomic E-state index is 13.1. The van der Waals surface area contributed by atoms with E-state index in [-0.39, 0.29) is 5.92 Å². The molecule has 0 radical (unpaired) electrons. The molecule has 29 heavy (non-hydrogen) atoms. The molecule has 4 rings (SSSR count). The highest BCUT2D eigenvalue weighted by Gasteiger charge is 2.35. The second-order valence-electron chi connectivity index (χ2n) is 8.77. The summed E-state index contributed by atoms with van der Waals surface area (Å²) < 4.78 is 7.48. The lowest BCUT2D eigenvalue weighted by molar-refractivity contribution is -0.136. The van der Waals surface area contributed by atoms with Gasteiger partial charge in [-0.25, -0.2) is 9.67 Å². The standard InChI is InChI=1S/C22H33N5O2/c1-25(2)13-14-27-21-19(5-4-11-23-21)20(24-27)17-10-12-26(15-17)22(28)16-6-8-18(29-3)9-7-16/h4-5,11,16-18H,6-10,12-15H2,1-3H3/t16?,17-,18?/m1/s1. The Bertz CT molecular complexity index is 841. The minimum Gasteiger partial charge on any atom is -0.381 e. The smallest absolute Gasteiger partial charge is 0.225 e. The maximum atomic E-state index is 13.1. The monoisotopic (exact) mass is 399 g/mol. The first-order chi connectivity index (χ1) is 14.1. The third-order valence-electron chi connectivity index (χ3n) is 6.54. The van der Waals surface area contributed by atoms with Crippen LogP contribution in [-0.4, -0.2) is 77.4 Å². The molecule has 1 aliphatic carbocycles. The number of rotatable bonds is 6. The second kappa shape index (κ2) is 8.79. The number of amides is 1. The van der Waals surface area contributed by atoms with Crippen LogP contribution in [-0.2, 0) is 16.1 Å². The van der Waals surface area contributed by atoms with Gasteiger partial charge in [-0.2, -0.15) is 5.10 Å². The molecule has 1 aliphatic heterocycles. The van der Waals surface area contributed by atoms with Gasteiger partial charge >= 0.3 is 0 Å². The van der Waals surface area contributed by atoms with E-state index in [0.717, 1.165) is 75.0 Å². The Morgan fingerprint density at radius 1 is 1.24 bits per heavy atom. The molecule has 0 N–H and O–H groups in total. The summed E-state index contributed by atoms with van der Waals surface area (Å²) in [5.41, 5.74) is 2.05. The summed E-state index contributed by atoms with van der Waals surface area (Å²) in [5.74, 6) is 0.786. The molecule has 0 bridgehead atoms. The van der Waals surface area contributed by atoms with Crippen LogP contribution in [0.3, 0.4) is 0 Å². The predicted octanol–water partition coefficient (Wildman–Crippen LogP) is 2.51. The molecule has 0 aromatic carbocycles. The molecule has 2 aliphatic rings. The van der Waals surface area contributed by atoms with E-state index in [2.05, 4.69) is 34.9 Å². The van der Waals surface area contributed by atoms with Crippen LogP contribution in [0.2, 0.25) is 0 Å². The molecule has 1 saturated carbocycles. The summed E-state index contributed by atoms with van der Waals surface area (Å²) in [6.07, 6.45) is 7.03. The molecule has 2 fully saturated rings. The molecule has 7 nitrogen and oxygen atoms in total. The van der Waals surface area contributed by atoms with Crippen LogP contribution in [0.15, 0.2) is 18.3 Å². The zero-order valence-corrected chi connectivity index (χ0v) is 17.9. The molecular formula is C22H33N5O2. The molecule has 0 spiro atoms. The van der Waals surface area contributed by atoms with Crippen molar-refractivity contribution in [1.29, 1.82) is 0 Å². The van der Waals surface area contributed by atoms with E-state index in [4.69, 9.17) is 9.84 Å². The molecule has 1 amide bonds. The SMILES string of the molecule is COC1CCC(C(=O)N2CC[C@@H](c3nn(CCN(C)C)c4ncccc34)C2)CC1. The lowest BCUT2D eigenvalue weighted by Crippen LogP contribution is -2.37. The number of likely N-dealkylation sites (tertiary alicyclic amines) is 1. The van der Waals surface area contributed by atoms with Gasteiger partial charge in [-0.1, -0.05) is 0 Å². The number of likely N-dealkylation sites (N-methyl/N-ethyl adjacent to an activating group) is 1. The van der Waals surface area contributed by atoms with Gasteiger partial charge in [0.05, 0.1) is 18.3 Å². The summed E-state index contributed by atoms with van der Waals surface area (Å²) >= 11 is 0. The van der Waals surface area contributed by atoms with Crippen LogP contribution >= 0.6 is 0 Å². The van der Waals surface area contributed by atoms with E-state index < -0.39 is 0 Å². The topological polar surface area (TPSA) is 63.5 Å². The zero-order chi connectivity index (χ0) is 20.4. The van der Waals surface area contributed by atoms with Crippen molar-refractivity contribution < 1.29 is 9.53 Å². The van der Waals surface area contributed by atoms with E-state index in [9.17, 15) is 4.79 Å².